The molecule has 1 aromatic carbocycles. The molecule has 0 bridgehead atoms. The molecular formula is C14H12O3. The van der Waals surface area contributed by atoms with Crippen LogP contribution in [0.4, 0.5) is 0 Å². The maximum Gasteiger partial charge on any atom is 0.342 e. The van der Waals surface area contributed by atoms with E-state index >= 15 is 0 Å². The quantitative estimate of drug-likeness (QED) is 0.443. The highest BCUT2D eigenvalue weighted by molar-refractivity contribution is 6.08. The van der Waals surface area contributed by atoms with E-state index in [2.05, 4.69) is 11.3 Å². The number of ether oxygens (including phenoxy) is 1. The number of hydrogen-bond acceptors (Lipinski definition) is 3. The van der Waals surface area contributed by atoms with Crippen LogP contribution in [0, 0.1) is 5.92 Å². The summed E-state index contributed by atoms with van der Waals surface area (Å²) in [4.78, 5) is 22.7. The van der Waals surface area contributed by atoms with Gasteiger partial charge in [-0.1, -0.05) is 48.6 Å². The molecule has 0 radical (unpaired) electrons. The molecule has 1 saturated heterocycles. The zero-order valence-electron chi connectivity index (χ0n) is 9.47. The Kier molecular flexibility index (Phi) is 2.91. The molecule has 0 aromatic heterocycles. The summed E-state index contributed by atoms with van der Waals surface area (Å²) < 4.78 is 4.53. The number of carbonyl (C=O) groups is 2. The lowest BCUT2D eigenvalue weighted by atomic mass is 9.93. The third kappa shape index (κ3) is 2.18. The number of esters is 2. The fourth-order valence-corrected chi connectivity index (χ4v) is 1.83. The molecule has 0 amide bonds. The van der Waals surface area contributed by atoms with Gasteiger partial charge in [0, 0.05) is 5.57 Å². The van der Waals surface area contributed by atoms with E-state index in [1.165, 1.54) is 0 Å². The molecule has 3 nitrogen and oxygen atoms in total. The second-order valence-electron chi connectivity index (χ2n) is 3.97. The van der Waals surface area contributed by atoms with Crippen LogP contribution < -0.4 is 0 Å². The van der Waals surface area contributed by atoms with Crippen molar-refractivity contribution in [1.29, 1.82) is 0 Å². The highest BCUT2D eigenvalue weighted by Gasteiger charge is 2.38. The lowest BCUT2D eigenvalue weighted by molar-refractivity contribution is -0.152. The Balaban J connectivity index is 2.29. The van der Waals surface area contributed by atoms with Crippen molar-refractivity contribution in [3.8, 4) is 0 Å². The van der Waals surface area contributed by atoms with Crippen LogP contribution in [-0.2, 0) is 14.3 Å². The van der Waals surface area contributed by atoms with Gasteiger partial charge >= 0.3 is 11.9 Å². The average Bonchev–Trinajstić information content (AvgIpc) is 2.54. The number of benzene rings is 1. The van der Waals surface area contributed by atoms with Crippen molar-refractivity contribution >= 4 is 18.0 Å². The van der Waals surface area contributed by atoms with E-state index in [4.69, 9.17) is 0 Å². The van der Waals surface area contributed by atoms with Crippen molar-refractivity contribution < 1.29 is 14.3 Å². The number of cyclic esters (lactones) is 2. The minimum atomic E-state index is -0.636. The maximum atomic E-state index is 11.5. The minimum Gasteiger partial charge on any atom is -0.389 e. The van der Waals surface area contributed by atoms with Crippen molar-refractivity contribution in [2.45, 2.75) is 6.92 Å². The number of hydrogen-bond donors (Lipinski definition) is 0. The van der Waals surface area contributed by atoms with E-state index in [1.807, 2.05) is 36.4 Å². The Morgan fingerprint density at radius 2 is 1.94 bits per heavy atom. The average molecular weight is 228 g/mol. The summed E-state index contributed by atoms with van der Waals surface area (Å²) in [5.74, 6) is -1.80. The lowest BCUT2D eigenvalue weighted by Crippen LogP contribution is -2.09. The highest BCUT2D eigenvalue weighted by Crippen LogP contribution is 2.29. The van der Waals surface area contributed by atoms with Gasteiger partial charge in [-0.15, -0.1) is 0 Å². The summed E-state index contributed by atoms with van der Waals surface area (Å²) in [7, 11) is 0. The Hall–Kier alpha value is -2.16. The smallest absolute Gasteiger partial charge is 0.342 e. The van der Waals surface area contributed by atoms with Gasteiger partial charge in [0.2, 0.25) is 0 Å². The van der Waals surface area contributed by atoms with Gasteiger partial charge in [-0.2, -0.15) is 0 Å². The molecule has 0 saturated carbocycles. The SMILES string of the molecule is C=C1C(=O)OC(=O)C1C(C)=Cc1ccccc1. The van der Waals surface area contributed by atoms with Crippen molar-refractivity contribution in [1.82, 2.24) is 0 Å². The molecule has 1 aliphatic rings. The summed E-state index contributed by atoms with van der Waals surface area (Å²) in [6.45, 7) is 5.39. The van der Waals surface area contributed by atoms with E-state index in [0.717, 1.165) is 11.1 Å². The minimum absolute atomic E-state index is 0.208. The lowest BCUT2D eigenvalue weighted by Gasteiger charge is -2.06. The Morgan fingerprint density at radius 3 is 2.47 bits per heavy atom. The monoisotopic (exact) mass is 228 g/mol. The molecule has 0 N–H and O–H groups in total. The largest absolute Gasteiger partial charge is 0.389 e. The topological polar surface area (TPSA) is 43.4 Å². The zero-order chi connectivity index (χ0) is 12.4. The molecular weight excluding hydrogens is 216 g/mol. The summed E-state index contributed by atoms with van der Waals surface area (Å²) in [6, 6.07) is 9.58. The van der Waals surface area contributed by atoms with Crippen molar-refractivity contribution in [3.63, 3.8) is 0 Å². The summed E-state index contributed by atoms with van der Waals surface area (Å²) >= 11 is 0. The van der Waals surface area contributed by atoms with Crippen LogP contribution >= 0.6 is 0 Å². The number of carbonyl (C=O) groups excluding carboxylic acids is 2. The second kappa shape index (κ2) is 4.37. The molecule has 1 aliphatic heterocycles. The van der Waals surface area contributed by atoms with Gasteiger partial charge in [0.05, 0.1) is 0 Å². The van der Waals surface area contributed by atoms with E-state index < -0.39 is 17.9 Å². The normalized spacial score (nSPS) is 20.6. The molecule has 3 heteroatoms. The van der Waals surface area contributed by atoms with Gasteiger partial charge in [-0.3, -0.25) is 4.79 Å². The summed E-state index contributed by atoms with van der Waals surface area (Å²) in [5.41, 5.74) is 1.95. The van der Waals surface area contributed by atoms with Crippen molar-refractivity contribution in [2.24, 2.45) is 5.92 Å². The Morgan fingerprint density at radius 1 is 1.29 bits per heavy atom. The third-order valence-electron chi connectivity index (χ3n) is 2.69. The molecule has 2 rings (SSSR count). The molecule has 1 fully saturated rings. The predicted molar refractivity (Wildman–Crippen MR) is 63.8 cm³/mol. The van der Waals surface area contributed by atoms with E-state index in [-0.39, 0.29) is 5.57 Å². The standard InChI is InChI=1S/C14H12O3/c1-9(8-11-6-4-3-5-7-11)12-10(2)13(15)17-14(12)16/h3-8,12H,2H2,1H3. The molecule has 1 heterocycles. The van der Waals surface area contributed by atoms with Crippen LogP contribution in [0.3, 0.4) is 0 Å². The molecule has 1 unspecified atom stereocenters. The molecule has 86 valence electrons. The van der Waals surface area contributed by atoms with Crippen molar-refractivity contribution in [3.05, 3.63) is 53.6 Å². The van der Waals surface area contributed by atoms with Crippen molar-refractivity contribution in [2.75, 3.05) is 0 Å². The van der Waals surface area contributed by atoms with Crippen LogP contribution in [0.5, 0.6) is 0 Å². The van der Waals surface area contributed by atoms with Crippen LogP contribution in [0.15, 0.2) is 48.1 Å². The van der Waals surface area contributed by atoms with Crippen LogP contribution in [0.2, 0.25) is 0 Å². The maximum absolute atomic E-state index is 11.5. The van der Waals surface area contributed by atoms with E-state index in [9.17, 15) is 9.59 Å². The summed E-state index contributed by atoms with van der Waals surface area (Å²) in [6.07, 6.45) is 1.86. The summed E-state index contributed by atoms with van der Waals surface area (Å²) in [5, 5.41) is 0. The van der Waals surface area contributed by atoms with Gasteiger partial charge in [0.25, 0.3) is 0 Å². The second-order valence-corrected chi connectivity index (χ2v) is 3.97. The molecule has 17 heavy (non-hydrogen) atoms. The third-order valence-corrected chi connectivity index (χ3v) is 2.69. The first-order valence-electron chi connectivity index (χ1n) is 5.27. The fourth-order valence-electron chi connectivity index (χ4n) is 1.83. The van der Waals surface area contributed by atoms with E-state index in [1.54, 1.807) is 6.92 Å². The van der Waals surface area contributed by atoms with Gasteiger partial charge in [0.15, 0.2) is 0 Å². The van der Waals surface area contributed by atoms with Gasteiger partial charge in [-0.25, -0.2) is 4.79 Å². The Labute approximate surface area is 99.4 Å². The van der Waals surface area contributed by atoms with E-state index in [0.29, 0.717) is 0 Å². The van der Waals surface area contributed by atoms with Crippen LogP contribution in [0.1, 0.15) is 12.5 Å². The molecule has 0 aliphatic carbocycles. The highest BCUT2D eigenvalue weighted by atomic mass is 16.6. The van der Waals surface area contributed by atoms with Gasteiger partial charge in [0.1, 0.15) is 5.92 Å². The van der Waals surface area contributed by atoms with Crippen LogP contribution in [-0.4, -0.2) is 11.9 Å². The first-order chi connectivity index (χ1) is 8.09. The van der Waals surface area contributed by atoms with Crippen LogP contribution in [0.25, 0.3) is 6.08 Å². The number of rotatable bonds is 2. The first kappa shape index (κ1) is 11.3. The zero-order valence-corrected chi connectivity index (χ0v) is 9.47. The molecule has 1 atom stereocenters. The Bertz CT molecular complexity index is 512. The molecule has 0 spiro atoms. The fraction of sp³-hybridized carbons (Fsp3) is 0.143. The molecule has 1 aromatic rings. The van der Waals surface area contributed by atoms with Gasteiger partial charge < -0.3 is 4.74 Å². The first-order valence-corrected chi connectivity index (χ1v) is 5.27. The predicted octanol–water partition coefficient (Wildman–Crippen LogP) is 2.35. The van der Waals surface area contributed by atoms with Gasteiger partial charge in [-0.05, 0) is 12.5 Å².